The molecule has 4 atom stereocenters. The number of anilines is 1. The molecular formula is C11H12FN3O4. The third-order valence-electron chi connectivity index (χ3n) is 2.88. The number of ether oxygens (including phenoxy) is 1. The Bertz CT molecular complexity index is 582. The number of hydrogen-bond donors (Lipinski definition) is 3. The van der Waals surface area contributed by atoms with E-state index in [-0.39, 0.29) is 11.4 Å². The maximum atomic E-state index is 13.9. The zero-order valence-electron chi connectivity index (χ0n) is 9.73. The molecular weight excluding hydrogens is 257 g/mol. The summed E-state index contributed by atoms with van der Waals surface area (Å²) < 4.78 is 19.8. The van der Waals surface area contributed by atoms with Crippen molar-refractivity contribution in [3.8, 4) is 12.3 Å². The SMILES string of the molecule is C#Cc1cn(C2O[C@H](CO)[C@@H](O)[C@@H]2F)c(=O)nc1N. The number of nitrogens with two attached hydrogens (primary N) is 1. The van der Waals surface area contributed by atoms with Gasteiger partial charge in [0.2, 0.25) is 0 Å². The fourth-order valence-electron chi connectivity index (χ4n) is 1.85. The molecule has 1 unspecified atom stereocenters. The number of aliphatic hydroxyl groups excluding tert-OH is 2. The summed E-state index contributed by atoms with van der Waals surface area (Å²) in [5.41, 5.74) is 4.68. The van der Waals surface area contributed by atoms with Crippen molar-refractivity contribution in [1.82, 2.24) is 9.55 Å². The van der Waals surface area contributed by atoms with Gasteiger partial charge in [0.25, 0.3) is 0 Å². The second-order valence-corrected chi connectivity index (χ2v) is 4.06. The number of nitrogen functional groups attached to an aromatic ring is 1. The van der Waals surface area contributed by atoms with Crippen LogP contribution in [0.1, 0.15) is 11.8 Å². The number of nitrogens with zero attached hydrogens (tertiary/aromatic N) is 2. The van der Waals surface area contributed by atoms with Crippen molar-refractivity contribution in [2.75, 3.05) is 12.3 Å². The predicted octanol–water partition coefficient (Wildman–Crippen LogP) is -1.60. The van der Waals surface area contributed by atoms with E-state index in [0.717, 1.165) is 10.8 Å². The summed E-state index contributed by atoms with van der Waals surface area (Å²) in [6.07, 6.45) is 0.376. The summed E-state index contributed by atoms with van der Waals surface area (Å²) in [5.74, 6) is 2.06. The summed E-state index contributed by atoms with van der Waals surface area (Å²) in [6.45, 7) is -0.572. The third-order valence-corrected chi connectivity index (χ3v) is 2.88. The molecule has 2 heterocycles. The van der Waals surface area contributed by atoms with Crippen LogP contribution in [0.15, 0.2) is 11.0 Å². The number of aromatic nitrogens is 2. The molecule has 0 saturated carbocycles. The zero-order chi connectivity index (χ0) is 14.2. The Labute approximate surface area is 107 Å². The monoisotopic (exact) mass is 269 g/mol. The fourth-order valence-corrected chi connectivity index (χ4v) is 1.85. The van der Waals surface area contributed by atoms with Crippen LogP contribution in [0.5, 0.6) is 0 Å². The van der Waals surface area contributed by atoms with E-state index in [0.29, 0.717) is 0 Å². The fraction of sp³-hybridized carbons (Fsp3) is 0.455. The van der Waals surface area contributed by atoms with Crippen molar-refractivity contribution < 1.29 is 19.3 Å². The second kappa shape index (κ2) is 4.97. The number of aliphatic hydroxyl groups is 2. The number of terminal acetylenes is 1. The van der Waals surface area contributed by atoms with Crippen LogP contribution in [0.4, 0.5) is 10.2 Å². The standard InChI is InChI=1S/C11H12FN3O4/c1-2-5-3-15(11(18)14-9(5)13)10-7(12)8(17)6(4-16)19-10/h1,3,6-8,10,16-17H,4H2,(H2,13,14,18)/t6-,7+,8-,10?/m1/s1. The van der Waals surface area contributed by atoms with E-state index in [2.05, 4.69) is 10.9 Å². The van der Waals surface area contributed by atoms with Crippen LogP contribution in [0.3, 0.4) is 0 Å². The van der Waals surface area contributed by atoms with Crippen molar-refractivity contribution in [3.63, 3.8) is 0 Å². The van der Waals surface area contributed by atoms with Gasteiger partial charge >= 0.3 is 5.69 Å². The lowest BCUT2D eigenvalue weighted by molar-refractivity contribution is -0.0491. The summed E-state index contributed by atoms with van der Waals surface area (Å²) in [7, 11) is 0. The van der Waals surface area contributed by atoms with E-state index in [1.807, 2.05) is 0 Å². The Hall–Kier alpha value is -1.95. The third kappa shape index (κ3) is 2.19. The molecule has 0 amide bonds. The first-order valence-corrected chi connectivity index (χ1v) is 5.43. The van der Waals surface area contributed by atoms with Crippen LogP contribution in [0.25, 0.3) is 0 Å². The highest BCUT2D eigenvalue weighted by Gasteiger charge is 2.45. The van der Waals surface area contributed by atoms with Gasteiger partial charge in [-0.3, -0.25) is 4.57 Å². The predicted molar refractivity (Wildman–Crippen MR) is 62.7 cm³/mol. The van der Waals surface area contributed by atoms with Gasteiger partial charge in [-0.05, 0) is 0 Å². The Balaban J connectivity index is 2.44. The highest BCUT2D eigenvalue weighted by Crippen LogP contribution is 2.30. The molecule has 0 radical (unpaired) electrons. The average Bonchev–Trinajstić information content (AvgIpc) is 2.67. The molecule has 0 aliphatic carbocycles. The largest absolute Gasteiger partial charge is 0.394 e. The van der Waals surface area contributed by atoms with E-state index in [4.69, 9.17) is 22.0 Å². The number of halogens is 1. The van der Waals surface area contributed by atoms with Crippen molar-refractivity contribution in [1.29, 1.82) is 0 Å². The van der Waals surface area contributed by atoms with Crippen LogP contribution >= 0.6 is 0 Å². The Morgan fingerprint density at radius 3 is 2.89 bits per heavy atom. The lowest BCUT2D eigenvalue weighted by Gasteiger charge is -2.16. The van der Waals surface area contributed by atoms with Crippen LogP contribution < -0.4 is 11.4 Å². The summed E-state index contributed by atoms with van der Waals surface area (Å²) >= 11 is 0. The second-order valence-electron chi connectivity index (χ2n) is 4.06. The zero-order valence-corrected chi connectivity index (χ0v) is 9.73. The number of hydrogen-bond acceptors (Lipinski definition) is 6. The molecule has 0 bridgehead atoms. The lowest BCUT2D eigenvalue weighted by atomic mass is 10.1. The maximum absolute atomic E-state index is 13.9. The molecule has 1 aliphatic rings. The first-order valence-electron chi connectivity index (χ1n) is 5.43. The first kappa shape index (κ1) is 13.5. The number of rotatable bonds is 2. The van der Waals surface area contributed by atoms with Crippen LogP contribution in [-0.2, 0) is 4.74 Å². The molecule has 2 rings (SSSR count). The van der Waals surface area contributed by atoms with Crippen LogP contribution in [0.2, 0.25) is 0 Å². The molecule has 0 aromatic carbocycles. The highest BCUT2D eigenvalue weighted by atomic mass is 19.1. The van der Waals surface area contributed by atoms with E-state index in [9.17, 15) is 14.3 Å². The van der Waals surface area contributed by atoms with E-state index in [1.165, 1.54) is 0 Å². The van der Waals surface area contributed by atoms with E-state index >= 15 is 0 Å². The average molecular weight is 269 g/mol. The summed E-state index contributed by atoms with van der Waals surface area (Å²) in [4.78, 5) is 15.1. The lowest BCUT2D eigenvalue weighted by Crippen LogP contribution is -2.34. The number of alkyl halides is 1. The topological polar surface area (TPSA) is 111 Å². The van der Waals surface area contributed by atoms with Gasteiger partial charge in [-0.25, -0.2) is 9.18 Å². The van der Waals surface area contributed by atoms with Gasteiger partial charge in [0.05, 0.1) is 12.2 Å². The van der Waals surface area contributed by atoms with Crippen molar-refractivity contribution in [2.45, 2.75) is 24.6 Å². The van der Waals surface area contributed by atoms with E-state index < -0.39 is 36.9 Å². The van der Waals surface area contributed by atoms with Gasteiger partial charge in [0.15, 0.2) is 12.4 Å². The molecule has 1 saturated heterocycles. The van der Waals surface area contributed by atoms with Crippen LogP contribution in [-0.4, -0.2) is 44.8 Å². The molecule has 102 valence electrons. The summed E-state index contributed by atoms with van der Waals surface area (Å²) in [5, 5.41) is 18.4. The molecule has 7 nitrogen and oxygen atoms in total. The van der Waals surface area contributed by atoms with Gasteiger partial charge in [0.1, 0.15) is 18.0 Å². The Kier molecular flexibility index (Phi) is 3.53. The molecule has 1 aromatic rings. The van der Waals surface area contributed by atoms with Crippen LogP contribution in [0, 0.1) is 12.3 Å². The summed E-state index contributed by atoms with van der Waals surface area (Å²) in [6, 6.07) is 0. The van der Waals surface area contributed by atoms with Gasteiger partial charge in [-0.1, -0.05) is 5.92 Å². The Morgan fingerprint density at radius 2 is 2.37 bits per heavy atom. The van der Waals surface area contributed by atoms with Crippen molar-refractivity contribution in [3.05, 3.63) is 22.2 Å². The molecule has 1 aliphatic heterocycles. The minimum Gasteiger partial charge on any atom is -0.394 e. The smallest absolute Gasteiger partial charge is 0.351 e. The van der Waals surface area contributed by atoms with Gasteiger partial charge in [0, 0.05) is 6.20 Å². The Morgan fingerprint density at radius 1 is 1.68 bits per heavy atom. The minimum atomic E-state index is -1.88. The molecule has 4 N–H and O–H groups in total. The molecule has 1 aromatic heterocycles. The first-order chi connectivity index (χ1) is 8.99. The van der Waals surface area contributed by atoms with Gasteiger partial charge < -0.3 is 20.7 Å². The highest BCUT2D eigenvalue weighted by molar-refractivity contribution is 5.47. The molecule has 8 heteroatoms. The normalized spacial score (nSPS) is 30.2. The van der Waals surface area contributed by atoms with Gasteiger partial charge in [-0.2, -0.15) is 4.98 Å². The minimum absolute atomic E-state index is 0.109. The van der Waals surface area contributed by atoms with Gasteiger partial charge in [-0.15, -0.1) is 6.42 Å². The quantitative estimate of drug-likeness (QED) is 0.557. The molecule has 19 heavy (non-hydrogen) atoms. The van der Waals surface area contributed by atoms with Crippen molar-refractivity contribution >= 4 is 5.82 Å². The van der Waals surface area contributed by atoms with E-state index in [1.54, 1.807) is 0 Å². The molecule has 0 spiro atoms. The molecule has 1 fully saturated rings. The maximum Gasteiger partial charge on any atom is 0.351 e. The van der Waals surface area contributed by atoms with Crippen molar-refractivity contribution in [2.24, 2.45) is 0 Å².